The first kappa shape index (κ1) is 21.1. The Morgan fingerprint density at radius 2 is 1.77 bits per heavy atom. The molecule has 1 fully saturated rings. The lowest BCUT2D eigenvalue weighted by atomic mass is 10.2. The number of phenols is 1. The number of sulfonamides is 1. The lowest BCUT2D eigenvalue weighted by Gasteiger charge is -2.35. The zero-order valence-electron chi connectivity index (χ0n) is 17.2. The molecule has 1 atom stereocenters. The van der Waals surface area contributed by atoms with Gasteiger partial charge in [0.05, 0.1) is 5.52 Å². The van der Waals surface area contributed by atoms with E-state index < -0.39 is 21.8 Å². The van der Waals surface area contributed by atoms with Crippen molar-refractivity contribution in [2.75, 3.05) is 26.2 Å². The highest BCUT2D eigenvalue weighted by molar-refractivity contribution is 7.89. The first-order chi connectivity index (χ1) is 14.7. The van der Waals surface area contributed by atoms with Crippen molar-refractivity contribution in [2.45, 2.75) is 24.8 Å². The Morgan fingerprint density at radius 1 is 1.10 bits per heavy atom. The zero-order valence-corrected chi connectivity index (χ0v) is 18.0. The summed E-state index contributed by atoms with van der Waals surface area (Å²) in [6, 6.07) is 10.5. The second kappa shape index (κ2) is 7.86. The van der Waals surface area contributed by atoms with E-state index in [1.165, 1.54) is 21.0 Å². The van der Waals surface area contributed by atoms with Gasteiger partial charge < -0.3 is 14.4 Å². The first-order valence-corrected chi connectivity index (χ1v) is 11.3. The number of carbonyl (C=O) groups excluding carboxylic acids is 1. The number of oxazole rings is 1. The van der Waals surface area contributed by atoms with E-state index in [1.807, 2.05) is 0 Å². The fourth-order valence-corrected chi connectivity index (χ4v) is 5.43. The minimum absolute atomic E-state index is 0.0925. The van der Waals surface area contributed by atoms with Crippen molar-refractivity contribution in [2.24, 2.45) is 0 Å². The molecule has 4 rings (SSSR count). The summed E-state index contributed by atoms with van der Waals surface area (Å²) in [6.45, 7) is 3.92. The Morgan fingerprint density at radius 3 is 2.48 bits per heavy atom. The third kappa shape index (κ3) is 3.72. The summed E-state index contributed by atoms with van der Waals surface area (Å²) >= 11 is 0. The molecule has 1 amide bonds. The van der Waals surface area contributed by atoms with Gasteiger partial charge in [0, 0.05) is 26.2 Å². The molecule has 9 nitrogen and oxygen atoms in total. The summed E-state index contributed by atoms with van der Waals surface area (Å²) in [5.41, 5.74) is 1.65. The fraction of sp³-hybridized carbons (Fsp3) is 0.333. The molecule has 1 N–H and O–H groups in total. The number of carbonyl (C=O) groups is 1. The highest BCUT2D eigenvalue weighted by Gasteiger charge is 2.34. The second-order valence-electron chi connectivity index (χ2n) is 7.58. The molecule has 0 aliphatic carbocycles. The quantitative estimate of drug-likeness (QED) is 0.654. The largest absolute Gasteiger partial charge is 0.507 e. The molecule has 0 radical (unpaired) electrons. The summed E-state index contributed by atoms with van der Waals surface area (Å²) in [5, 5.41) is 10.0. The molecule has 2 heterocycles. The second-order valence-corrected chi connectivity index (χ2v) is 9.49. The van der Waals surface area contributed by atoms with Gasteiger partial charge in [-0.3, -0.25) is 9.36 Å². The van der Waals surface area contributed by atoms with Crippen molar-refractivity contribution < 1.29 is 22.7 Å². The van der Waals surface area contributed by atoms with Crippen LogP contribution in [0.25, 0.3) is 11.1 Å². The van der Waals surface area contributed by atoms with Gasteiger partial charge in [-0.1, -0.05) is 18.2 Å². The molecule has 3 aromatic rings. The van der Waals surface area contributed by atoms with Gasteiger partial charge in [0.25, 0.3) is 0 Å². The SMILES string of the molecule is Cc1ccc(O)c(S(=O)(=O)N2CCN(C(=O)C(C)n3c(=O)oc4ccccc43)CC2)c1. The van der Waals surface area contributed by atoms with Crippen LogP contribution >= 0.6 is 0 Å². The number of para-hydroxylation sites is 2. The molecule has 1 aromatic heterocycles. The molecule has 164 valence electrons. The van der Waals surface area contributed by atoms with Gasteiger partial charge in [-0.2, -0.15) is 4.31 Å². The lowest BCUT2D eigenvalue weighted by molar-refractivity contribution is -0.135. The van der Waals surface area contributed by atoms with Gasteiger partial charge in [0.1, 0.15) is 16.7 Å². The molecule has 10 heteroatoms. The van der Waals surface area contributed by atoms with Gasteiger partial charge in [-0.05, 0) is 43.7 Å². The Bertz CT molecular complexity index is 1300. The number of benzene rings is 2. The predicted molar refractivity (Wildman–Crippen MR) is 113 cm³/mol. The highest BCUT2D eigenvalue weighted by Crippen LogP contribution is 2.28. The van der Waals surface area contributed by atoms with Crippen molar-refractivity contribution in [1.29, 1.82) is 0 Å². The van der Waals surface area contributed by atoms with Crippen LogP contribution in [0.2, 0.25) is 0 Å². The predicted octanol–water partition coefficient (Wildman–Crippen LogP) is 1.70. The summed E-state index contributed by atoms with van der Waals surface area (Å²) in [4.78, 5) is 26.7. The highest BCUT2D eigenvalue weighted by atomic mass is 32.2. The smallest absolute Gasteiger partial charge is 0.420 e. The number of nitrogens with zero attached hydrogens (tertiary/aromatic N) is 3. The van der Waals surface area contributed by atoms with Crippen LogP contribution in [0.4, 0.5) is 0 Å². The number of amides is 1. The minimum atomic E-state index is -3.89. The van der Waals surface area contributed by atoms with E-state index in [0.717, 1.165) is 5.56 Å². The number of hydrogen-bond donors (Lipinski definition) is 1. The number of fused-ring (bicyclic) bond motifs is 1. The van der Waals surface area contributed by atoms with Crippen LogP contribution < -0.4 is 5.76 Å². The van der Waals surface area contributed by atoms with Crippen LogP contribution in [0.15, 0.2) is 56.6 Å². The van der Waals surface area contributed by atoms with E-state index in [2.05, 4.69) is 0 Å². The van der Waals surface area contributed by atoms with Gasteiger partial charge in [0.2, 0.25) is 15.9 Å². The van der Waals surface area contributed by atoms with Gasteiger partial charge in [-0.25, -0.2) is 13.2 Å². The van der Waals surface area contributed by atoms with Crippen LogP contribution in [0, 0.1) is 6.92 Å². The Kier molecular flexibility index (Phi) is 5.36. The number of aromatic hydroxyl groups is 1. The maximum absolute atomic E-state index is 13.0. The Labute approximate surface area is 179 Å². The topological polar surface area (TPSA) is 113 Å². The van der Waals surface area contributed by atoms with Crippen LogP contribution in [-0.4, -0.2) is 59.4 Å². The number of piperazine rings is 1. The molecule has 1 unspecified atom stereocenters. The monoisotopic (exact) mass is 445 g/mol. The van der Waals surface area contributed by atoms with E-state index in [1.54, 1.807) is 49.1 Å². The third-order valence-corrected chi connectivity index (χ3v) is 7.47. The van der Waals surface area contributed by atoms with E-state index >= 15 is 0 Å². The number of aromatic nitrogens is 1. The number of phenolic OH excluding ortho intramolecular Hbond substituents is 1. The maximum Gasteiger partial charge on any atom is 0.420 e. The zero-order chi connectivity index (χ0) is 22.3. The molecule has 1 aliphatic rings. The first-order valence-electron chi connectivity index (χ1n) is 9.89. The maximum atomic E-state index is 13.0. The molecule has 2 aromatic carbocycles. The number of aryl methyl sites for hydroxylation is 1. The summed E-state index contributed by atoms with van der Waals surface area (Å²) in [6.07, 6.45) is 0. The Balaban J connectivity index is 1.51. The van der Waals surface area contributed by atoms with Crippen LogP contribution in [-0.2, 0) is 14.8 Å². The molecule has 1 saturated heterocycles. The lowest BCUT2D eigenvalue weighted by Crippen LogP contribution is -2.52. The van der Waals surface area contributed by atoms with Crippen LogP contribution in [0.3, 0.4) is 0 Å². The molecular weight excluding hydrogens is 422 g/mol. The molecule has 0 spiro atoms. The van der Waals surface area contributed by atoms with E-state index in [4.69, 9.17) is 4.42 Å². The van der Waals surface area contributed by atoms with Crippen molar-refractivity contribution in [3.05, 3.63) is 58.6 Å². The minimum Gasteiger partial charge on any atom is -0.507 e. The third-order valence-electron chi connectivity index (χ3n) is 5.55. The van der Waals surface area contributed by atoms with Crippen molar-refractivity contribution in [1.82, 2.24) is 13.8 Å². The standard InChI is InChI=1S/C21H23N3O6S/c1-14-7-8-17(25)19(13-14)31(28,29)23-11-9-22(10-12-23)20(26)15(2)24-16-5-3-4-6-18(16)30-21(24)27/h3-8,13,15,25H,9-12H2,1-2H3. The van der Waals surface area contributed by atoms with E-state index in [0.29, 0.717) is 11.1 Å². The summed E-state index contributed by atoms with van der Waals surface area (Å²) in [5.74, 6) is -1.20. The van der Waals surface area contributed by atoms with Crippen LogP contribution in [0.5, 0.6) is 5.75 Å². The van der Waals surface area contributed by atoms with Gasteiger partial charge >= 0.3 is 5.76 Å². The van der Waals surface area contributed by atoms with Crippen molar-refractivity contribution in [3.63, 3.8) is 0 Å². The average Bonchev–Trinajstić information content (AvgIpc) is 3.10. The summed E-state index contributed by atoms with van der Waals surface area (Å²) in [7, 11) is -3.89. The fourth-order valence-electron chi connectivity index (χ4n) is 3.84. The molecule has 31 heavy (non-hydrogen) atoms. The van der Waals surface area contributed by atoms with E-state index in [9.17, 15) is 23.1 Å². The van der Waals surface area contributed by atoms with Crippen molar-refractivity contribution >= 4 is 27.0 Å². The molecular formula is C21H23N3O6S. The van der Waals surface area contributed by atoms with Crippen LogP contribution in [0.1, 0.15) is 18.5 Å². The van der Waals surface area contributed by atoms with Gasteiger partial charge in [-0.15, -0.1) is 0 Å². The average molecular weight is 445 g/mol. The molecule has 0 bridgehead atoms. The molecule has 1 aliphatic heterocycles. The van der Waals surface area contributed by atoms with E-state index in [-0.39, 0.29) is 42.7 Å². The van der Waals surface area contributed by atoms with Crippen molar-refractivity contribution in [3.8, 4) is 5.75 Å². The summed E-state index contributed by atoms with van der Waals surface area (Å²) < 4.78 is 33.7. The number of hydrogen-bond acceptors (Lipinski definition) is 6. The Hall–Kier alpha value is -3.11. The number of rotatable bonds is 4. The normalized spacial score (nSPS) is 16.5. The molecule has 0 saturated carbocycles. The van der Waals surface area contributed by atoms with Gasteiger partial charge in [0.15, 0.2) is 5.58 Å².